The quantitative estimate of drug-likeness (QED) is 0.885. The molecule has 0 fully saturated rings. The number of hydrogen-bond donors (Lipinski definition) is 2. The summed E-state index contributed by atoms with van der Waals surface area (Å²) in [4.78, 5) is 1.40. The molecule has 0 spiro atoms. The van der Waals surface area contributed by atoms with Crippen LogP contribution in [0.15, 0.2) is 12.1 Å². The second-order valence-corrected chi connectivity index (χ2v) is 6.36. The molecule has 96 valence electrons. The summed E-state index contributed by atoms with van der Waals surface area (Å²) in [6.45, 7) is 1.93. The second-order valence-electron chi connectivity index (χ2n) is 4.49. The molecule has 5 heteroatoms. The number of hydrogen-bond acceptors (Lipinski definition) is 3. The van der Waals surface area contributed by atoms with E-state index in [4.69, 9.17) is 23.2 Å². The van der Waals surface area contributed by atoms with E-state index in [9.17, 15) is 0 Å². The van der Waals surface area contributed by atoms with Gasteiger partial charge in [-0.25, -0.2) is 0 Å². The molecule has 1 aromatic heterocycles. The molecule has 1 aromatic carbocycles. The number of benzene rings is 1. The maximum Gasteiger partial charge on any atom is 0.0682 e. The largest absolute Gasteiger partial charge is 0.318 e. The number of halogens is 2. The van der Waals surface area contributed by atoms with Crippen LogP contribution in [0.5, 0.6) is 0 Å². The summed E-state index contributed by atoms with van der Waals surface area (Å²) in [7, 11) is 1.98. The first-order chi connectivity index (χ1) is 8.72. The Bertz CT molecular complexity index is 594. The molecule has 1 unspecified atom stereocenters. The summed E-state index contributed by atoms with van der Waals surface area (Å²) in [5.41, 5.74) is 1.38. The third-order valence-corrected chi connectivity index (χ3v) is 5.48. The highest BCUT2D eigenvalue weighted by Gasteiger charge is 2.25. The minimum atomic E-state index is 0.381. The number of likely N-dealkylation sites (N-methyl/N-ethyl adjacent to an activating group) is 1. The first-order valence-corrected chi connectivity index (χ1v) is 7.57. The van der Waals surface area contributed by atoms with Gasteiger partial charge in [0, 0.05) is 21.5 Å². The van der Waals surface area contributed by atoms with Gasteiger partial charge in [-0.05, 0) is 37.7 Å². The van der Waals surface area contributed by atoms with E-state index in [1.807, 2.05) is 24.5 Å². The maximum atomic E-state index is 6.37. The molecule has 3 rings (SSSR count). The first-order valence-electron chi connectivity index (χ1n) is 5.99. The van der Waals surface area contributed by atoms with Crippen LogP contribution in [-0.2, 0) is 6.42 Å². The zero-order valence-corrected chi connectivity index (χ0v) is 12.3. The van der Waals surface area contributed by atoms with Gasteiger partial charge in [-0.3, -0.25) is 0 Å². The lowest BCUT2D eigenvalue weighted by Gasteiger charge is -2.24. The van der Waals surface area contributed by atoms with E-state index in [0.717, 1.165) is 24.9 Å². The number of nitrogens with one attached hydrogen (secondary N) is 2. The van der Waals surface area contributed by atoms with Crippen molar-refractivity contribution >= 4 is 44.6 Å². The zero-order valence-electron chi connectivity index (χ0n) is 10.0. The normalized spacial score (nSPS) is 19.2. The highest BCUT2D eigenvalue weighted by molar-refractivity contribution is 7.19. The Hall–Kier alpha value is -0.320. The number of thiophene rings is 1. The number of rotatable bonds is 2. The molecule has 2 nitrogen and oxygen atoms in total. The van der Waals surface area contributed by atoms with E-state index in [1.54, 1.807) is 0 Å². The van der Waals surface area contributed by atoms with Crippen LogP contribution in [0, 0.1) is 0 Å². The fourth-order valence-electron chi connectivity index (χ4n) is 2.57. The summed E-state index contributed by atoms with van der Waals surface area (Å²) in [5.74, 6) is 0. The minimum Gasteiger partial charge on any atom is -0.318 e. The van der Waals surface area contributed by atoms with Gasteiger partial charge in [0.1, 0.15) is 0 Å². The van der Waals surface area contributed by atoms with Crippen molar-refractivity contribution in [3.05, 3.63) is 32.6 Å². The Labute approximate surface area is 120 Å². The van der Waals surface area contributed by atoms with Gasteiger partial charge in [-0.15, -0.1) is 11.3 Å². The van der Waals surface area contributed by atoms with Crippen molar-refractivity contribution in [2.24, 2.45) is 0 Å². The smallest absolute Gasteiger partial charge is 0.0682 e. The van der Waals surface area contributed by atoms with Crippen molar-refractivity contribution in [3.63, 3.8) is 0 Å². The molecule has 2 aromatic rings. The topological polar surface area (TPSA) is 24.1 Å². The van der Waals surface area contributed by atoms with Crippen LogP contribution in [0.25, 0.3) is 10.1 Å². The van der Waals surface area contributed by atoms with Gasteiger partial charge in [0.05, 0.1) is 16.1 Å². The van der Waals surface area contributed by atoms with E-state index in [2.05, 4.69) is 16.7 Å². The molecule has 2 heterocycles. The van der Waals surface area contributed by atoms with Crippen molar-refractivity contribution in [3.8, 4) is 0 Å². The Morgan fingerprint density at radius 1 is 1.44 bits per heavy atom. The summed E-state index contributed by atoms with van der Waals surface area (Å²) in [6.07, 6.45) is 1.02. The van der Waals surface area contributed by atoms with Crippen LogP contribution in [0.3, 0.4) is 0 Å². The van der Waals surface area contributed by atoms with E-state index in [0.29, 0.717) is 16.1 Å². The maximum absolute atomic E-state index is 6.37. The van der Waals surface area contributed by atoms with Crippen LogP contribution in [0.2, 0.25) is 10.0 Å². The Morgan fingerprint density at radius 2 is 2.28 bits per heavy atom. The summed E-state index contributed by atoms with van der Waals surface area (Å²) in [5, 5.41) is 9.29. The highest BCUT2D eigenvalue weighted by Crippen LogP contribution is 2.43. The molecular formula is C13H14Cl2N2S. The molecule has 0 amide bonds. The SMILES string of the molecule is CNCC1NCCc2c1sc1ccc(Cl)c(Cl)c21. The third-order valence-electron chi connectivity index (χ3n) is 3.37. The Morgan fingerprint density at radius 3 is 3.06 bits per heavy atom. The zero-order chi connectivity index (χ0) is 12.7. The van der Waals surface area contributed by atoms with Crippen LogP contribution in [0.4, 0.5) is 0 Å². The fraction of sp³-hybridized carbons (Fsp3) is 0.385. The third kappa shape index (κ3) is 1.95. The molecule has 0 saturated heterocycles. The van der Waals surface area contributed by atoms with E-state index < -0.39 is 0 Å². The molecule has 18 heavy (non-hydrogen) atoms. The van der Waals surface area contributed by atoms with Gasteiger partial charge in [0.25, 0.3) is 0 Å². The van der Waals surface area contributed by atoms with Gasteiger partial charge < -0.3 is 10.6 Å². The van der Waals surface area contributed by atoms with Crippen LogP contribution >= 0.6 is 34.5 Å². The molecule has 0 aliphatic carbocycles. The van der Waals surface area contributed by atoms with Crippen molar-refractivity contribution in [1.82, 2.24) is 10.6 Å². The molecule has 1 atom stereocenters. The average Bonchev–Trinajstić information content (AvgIpc) is 2.75. The summed E-state index contributed by atoms with van der Waals surface area (Å²) < 4.78 is 1.24. The standard InChI is InChI=1S/C13H14Cl2N2S/c1-16-6-9-13-7(4-5-17-9)11-10(18-13)3-2-8(14)12(11)15/h2-3,9,16-17H,4-6H2,1H3. The first kappa shape index (κ1) is 12.7. The molecule has 0 saturated carbocycles. The summed E-state index contributed by atoms with van der Waals surface area (Å²) >= 11 is 14.3. The Balaban J connectivity index is 2.21. The lowest BCUT2D eigenvalue weighted by atomic mass is 10.00. The minimum absolute atomic E-state index is 0.381. The van der Waals surface area contributed by atoms with Gasteiger partial charge in [0.15, 0.2) is 0 Å². The van der Waals surface area contributed by atoms with E-state index in [1.165, 1.54) is 15.1 Å². The molecule has 1 aliphatic rings. The van der Waals surface area contributed by atoms with Gasteiger partial charge in [-0.1, -0.05) is 23.2 Å². The predicted molar refractivity (Wildman–Crippen MR) is 80.2 cm³/mol. The van der Waals surface area contributed by atoms with Gasteiger partial charge in [0.2, 0.25) is 0 Å². The van der Waals surface area contributed by atoms with E-state index in [-0.39, 0.29) is 0 Å². The van der Waals surface area contributed by atoms with Crippen molar-refractivity contribution in [1.29, 1.82) is 0 Å². The van der Waals surface area contributed by atoms with Crippen molar-refractivity contribution in [2.75, 3.05) is 20.1 Å². The molecule has 0 bridgehead atoms. The monoisotopic (exact) mass is 300 g/mol. The Kier molecular flexibility index (Phi) is 3.52. The highest BCUT2D eigenvalue weighted by atomic mass is 35.5. The van der Waals surface area contributed by atoms with Gasteiger partial charge in [-0.2, -0.15) is 0 Å². The molecule has 0 radical (unpaired) electrons. The predicted octanol–water partition coefficient (Wildman–Crippen LogP) is 3.61. The van der Waals surface area contributed by atoms with Crippen LogP contribution < -0.4 is 10.6 Å². The fourth-order valence-corrected chi connectivity index (χ4v) is 4.39. The van der Waals surface area contributed by atoms with E-state index >= 15 is 0 Å². The summed E-state index contributed by atoms with van der Waals surface area (Å²) in [6, 6.07) is 4.34. The molecule has 1 aliphatic heterocycles. The van der Waals surface area contributed by atoms with Crippen LogP contribution in [0.1, 0.15) is 16.5 Å². The van der Waals surface area contributed by atoms with Crippen molar-refractivity contribution < 1.29 is 0 Å². The molecule has 2 N–H and O–H groups in total. The number of fused-ring (bicyclic) bond motifs is 3. The van der Waals surface area contributed by atoms with Gasteiger partial charge >= 0.3 is 0 Å². The average molecular weight is 301 g/mol. The van der Waals surface area contributed by atoms with Crippen molar-refractivity contribution in [2.45, 2.75) is 12.5 Å². The molecular weight excluding hydrogens is 287 g/mol. The van der Waals surface area contributed by atoms with Crippen LogP contribution in [-0.4, -0.2) is 20.1 Å². The lowest BCUT2D eigenvalue weighted by Crippen LogP contribution is -2.34. The lowest BCUT2D eigenvalue weighted by molar-refractivity contribution is 0.495. The second kappa shape index (κ2) is 4.99.